The van der Waals surface area contributed by atoms with Gasteiger partial charge in [-0.3, -0.25) is 0 Å². The molecule has 0 aliphatic rings. The molecule has 0 aliphatic heterocycles. The lowest BCUT2D eigenvalue weighted by Gasteiger charge is -2.11. The second-order valence-corrected chi connectivity index (χ2v) is 6.26. The number of halogens is 3. The van der Waals surface area contributed by atoms with Gasteiger partial charge in [-0.2, -0.15) is 5.10 Å². The smallest absolute Gasteiger partial charge is 0.0690 e. The Bertz CT molecular complexity index is 756. The summed E-state index contributed by atoms with van der Waals surface area (Å²) in [6.45, 7) is 0. The topological polar surface area (TPSA) is 17.8 Å². The second kappa shape index (κ2) is 6.22. The van der Waals surface area contributed by atoms with Crippen LogP contribution >= 0.6 is 39.1 Å². The van der Waals surface area contributed by atoms with Crippen molar-refractivity contribution in [2.45, 2.75) is 4.83 Å². The van der Waals surface area contributed by atoms with E-state index in [0.717, 1.165) is 16.8 Å². The largest absolute Gasteiger partial charge is 0.241 e. The molecule has 5 heteroatoms. The summed E-state index contributed by atoms with van der Waals surface area (Å²) in [6, 6.07) is 15.6. The lowest BCUT2D eigenvalue weighted by molar-refractivity contribution is 0.880. The average Bonchev–Trinajstić information content (AvgIpc) is 3.00. The number of nitrogens with zero attached hydrogens (tertiary/aromatic N) is 2. The van der Waals surface area contributed by atoms with Gasteiger partial charge in [0, 0.05) is 11.8 Å². The van der Waals surface area contributed by atoms with E-state index >= 15 is 0 Å². The molecular weight excluding hydrogens is 371 g/mol. The van der Waals surface area contributed by atoms with Crippen LogP contribution in [-0.2, 0) is 0 Å². The van der Waals surface area contributed by atoms with Gasteiger partial charge in [0.2, 0.25) is 0 Å². The van der Waals surface area contributed by atoms with Gasteiger partial charge in [-0.15, -0.1) is 0 Å². The van der Waals surface area contributed by atoms with E-state index in [4.69, 9.17) is 23.2 Å². The van der Waals surface area contributed by atoms with Crippen molar-refractivity contribution in [3.8, 4) is 5.69 Å². The lowest BCUT2D eigenvalue weighted by Crippen LogP contribution is -1.94. The third-order valence-electron chi connectivity index (χ3n) is 3.17. The van der Waals surface area contributed by atoms with Crippen molar-refractivity contribution >= 4 is 39.1 Å². The number of aromatic nitrogens is 2. The summed E-state index contributed by atoms with van der Waals surface area (Å²) in [4.78, 5) is -0.0545. The van der Waals surface area contributed by atoms with Crippen molar-refractivity contribution in [2.75, 3.05) is 0 Å². The maximum absolute atomic E-state index is 6.27. The molecule has 1 atom stereocenters. The molecule has 0 amide bonds. The second-order valence-electron chi connectivity index (χ2n) is 4.56. The molecule has 0 fully saturated rings. The number of hydrogen-bond donors (Lipinski definition) is 0. The molecular formula is C16H11BrCl2N2. The number of hydrogen-bond acceptors (Lipinski definition) is 1. The Kier molecular flexibility index (Phi) is 4.34. The molecule has 0 bridgehead atoms. The van der Waals surface area contributed by atoms with Crippen molar-refractivity contribution < 1.29 is 0 Å². The van der Waals surface area contributed by atoms with Crippen LogP contribution in [0.3, 0.4) is 0 Å². The Hall–Kier alpha value is -1.29. The van der Waals surface area contributed by atoms with Crippen molar-refractivity contribution in [3.63, 3.8) is 0 Å². The Morgan fingerprint density at radius 2 is 1.76 bits per heavy atom. The maximum Gasteiger partial charge on any atom is 0.0690 e. The van der Waals surface area contributed by atoms with Crippen LogP contribution in [-0.4, -0.2) is 9.78 Å². The molecule has 1 aromatic heterocycles. The van der Waals surface area contributed by atoms with E-state index in [1.165, 1.54) is 0 Å². The van der Waals surface area contributed by atoms with Gasteiger partial charge in [0.1, 0.15) is 0 Å². The van der Waals surface area contributed by atoms with E-state index in [1.807, 2.05) is 59.5 Å². The highest BCUT2D eigenvalue weighted by Crippen LogP contribution is 2.38. The minimum Gasteiger partial charge on any atom is -0.241 e. The van der Waals surface area contributed by atoms with Crippen LogP contribution < -0.4 is 0 Å². The highest BCUT2D eigenvalue weighted by atomic mass is 79.9. The summed E-state index contributed by atoms with van der Waals surface area (Å²) in [5, 5.41) is 5.51. The summed E-state index contributed by atoms with van der Waals surface area (Å²) < 4.78 is 1.84. The lowest BCUT2D eigenvalue weighted by atomic mass is 10.1. The van der Waals surface area contributed by atoms with E-state index < -0.39 is 0 Å². The van der Waals surface area contributed by atoms with Crippen molar-refractivity contribution in [2.24, 2.45) is 0 Å². The minimum absolute atomic E-state index is 0.0545. The first-order chi connectivity index (χ1) is 10.2. The summed E-state index contributed by atoms with van der Waals surface area (Å²) in [7, 11) is 0. The summed E-state index contributed by atoms with van der Waals surface area (Å²) in [5.74, 6) is 0. The monoisotopic (exact) mass is 380 g/mol. The Morgan fingerprint density at radius 1 is 1.00 bits per heavy atom. The molecule has 0 aliphatic carbocycles. The molecule has 2 aromatic carbocycles. The minimum atomic E-state index is -0.0545. The van der Waals surface area contributed by atoms with Crippen LogP contribution in [0.5, 0.6) is 0 Å². The molecule has 1 heterocycles. The Labute approximate surface area is 141 Å². The zero-order valence-corrected chi connectivity index (χ0v) is 14.0. The first-order valence-corrected chi connectivity index (χ1v) is 8.02. The number of para-hydroxylation sites is 1. The zero-order chi connectivity index (χ0) is 14.8. The fourth-order valence-electron chi connectivity index (χ4n) is 2.09. The zero-order valence-electron chi connectivity index (χ0n) is 10.9. The van der Waals surface area contributed by atoms with Crippen LogP contribution in [0.2, 0.25) is 10.0 Å². The summed E-state index contributed by atoms with van der Waals surface area (Å²) in [5.41, 5.74) is 2.96. The first kappa shape index (κ1) is 14.6. The van der Waals surface area contributed by atoms with Crippen LogP contribution in [0, 0.1) is 0 Å². The first-order valence-electron chi connectivity index (χ1n) is 6.35. The van der Waals surface area contributed by atoms with E-state index in [9.17, 15) is 0 Å². The summed E-state index contributed by atoms with van der Waals surface area (Å²) >= 11 is 16.0. The fourth-order valence-corrected chi connectivity index (χ4v) is 3.25. The van der Waals surface area contributed by atoms with E-state index in [1.54, 1.807) is 6.07 Å². The van der Waals surface area contributed by atoms with Gasteiger partial charge in [-0.1, -0.05) is 69.5 Å². The Balaban J connectivity index is 1.95. The molecule has 0 radical (unpaired) electrons. The number of benzene rings is 2. The third-order valence-corrected chi connectivity index (χ3v) is 5.03. The standard InChI is InChI=1S/C16H11BrCl2N2/c17-15(13-7-4-8-14(18)16(13)19)11-9-20-21(10-11)12-5-2-1-3-6-12/h1-10,15H. The molecule has 3 aromatic rings. The van der Waals surface area contributed by atoms with Gasteiger partial charge >= 0.3 is 0 Å². The van der Waals surface area contributed by atoms with Gasteiger partial charge in [0.15, 0.2) is 0 Å². The number of alkyl halides is 1. The van der Waals surface area contributed by atoms with Crippen LogP contribution in [0.25, 0.3) is 5.69 Å². The predicted octanol–water partition coefficient (Wildman–Crippen LogP) is 5.66. The van der Waals surface area contributed by atoms with Gasteiger partial charge < -0.3 is 0 Å². The van der Waals surface area contributed by atoms with E-state index in [2.05, 4.69) is 21.0 Å². The van der Waals surface area contributed by atoms with Crippen LogP contribution in [0.4, 0.5) is 0 Å². The van der Waals surface area contributed by atoms with Crippen molar-refractivity contribution in [1.29, 1.82) is 0 Å². The number of rotatable bonds is 3. The predicted molar refractivity (Wildman–Crippen MR) is 90.8 cm³/mol. The molecule has 3 rings (SSSR count). The molecule has 1 unspecified atom stereocenters. The molecule has 0 spiro atoms. The SMILES string of the molecule is Clc1cccc(C(Br)c2cnn(-c3ccccc3)c2)c1Cl. The van der Waals surface area contributed by atoms with Gasteiger partial charge in [0.05, 0.1) is 26.8 Å². The highest BCUT2D eigenvalue weighted by Gasteiger charge is 2.17. The molecule has 0 saturated heterocycles. The van der Waals surface area contributed by atoms with E-state index in [0.29, 0.717) is 10.0 Å². The van der Waals surface area contributed by atoms with Crippen LogP contribution in [0.15, 0.2) is 60.9 Å². The quantitative estimate of drug-likeness (QED) is 0.535. The molecule has 106 valence electrons. The molecule has 2 nitrogen and oxygen atoms in total. The average molecular weight is 382 g/mol. The van der Waals surface area contributed by atoms with Crippen LogP contribution in [0.1, 0.15) is 16.0 Å². The fraction of sp³-hybridized carbons (Fsp3) is 0.0625. The summed E-state index contributed by atoms with van der Waals surface area (Å²) in [6.07, 6.45) is 3.80. The molecule has 21 heavy (non-hydrogen) atoms. The Morgan fingerprint density at radius 3 is 2.52 bits per heavy atom. The van der Waals surface area contributed by atoms with Crippen molar-refractivity contribution in [1.82, 2.24) is 9.78 Å². The van der Waals surface area contributed by atoms with Gasteiger partial charge in [-0.05, 0) is 23.8 Å². The van der Waals surface area contributed by atoms with Gasteiger partial charge in [0.25, 0.3) is 0 Å². The maximum atomic E-state index is 6.27. The van der Waals surface area contributed by atoms with Gasteiger partial charge in [-0.25, -0.2) is 4.68 Å². The van der Waals surface area contributed by atoms with E-state index in [-0.39, 0.29) is 4.83 Å². The normalized spacial score (nSPS) is 12.3. The van der Waals surface area contributed by atoms with Crippen molar-refractivity contribution in [3.05, 3.63) is 82.1 Å². The third kappa shape index (κ3) is 3.00. The molecule has 0 N–H and O–H groups in total. The molecule has 0 saturated carbocycles. The highest BCUT2D eigenvalue weighted by molar-refractivity contribution is 9.09.